The number of carbonyl (C=O) groups excluding carboxylic acids is 2. The molecule has 0 unspecified atom stereocenters. The second-order valence-corrected chi connectivity index (χ2v) is 7.75. The molecule has 3 rings (SSSR count). The summed E-state index contributed by atoms with van der Waals surface area (Å²) in [5, 5.41) is 0.640. The molecular formula is C24H28ClNO5. The Morgan fingerprint density at radius 2 is 1.71 bits per heavy atom. The van der Waals surface area contributed by atoms with Crippen LogP contribution >= 0.6 is 11.6 Å². The van der Waals surface area contributed by atoms with E-state index in [9.17, 15) is 9.59 Å². The highest BCUT2D eigenvalue weighted by Gasteiger charge is 2.29. The summed E-state index contributed by atoms with van der Waals surface area (Å²) in [6.45, 7) is 5.95. The van der Waals surface area contributed by atoms with E-state index in [1.54, 1.807) is 42.2 Å². The molecule has 2 aromatic rings. The van der Waals surface area contributed by atoms with Crippen molar-refractivity contribution in [3.63, 3.8) is 0 Å². The summed E-state index contributed by atoms with van der Waals surface area (Å²) in [7, 11) is 0. The van der Waals surface area contributed by atoms with E-state index in [1.165, 1.54) is 0 Å². The number of esters is 1. The van der Waals surface area contributed by atoms with Gasteiger partial charge in [0.2, 0.25) is 0 Å². The molecule has 0 aliphatic carbocycles. The highest BCUT2D eigenvalue weighted by atomic mass is 35.5. The van der Waals surface area contributed by atoms with Crippen molar-refractivity contribution < 1.29 is 23.8 Å². The van der Waals surface area contributed by atoms with Gasteiger partial charge in [0.05, 0.1) is 19.1 Å². The highest BCUT2D eigenvalue weighted by Crippen LogP contribution is 2.26. The maximum Gasteiger partial charge on any atom is 0.309 e. The van der Waals surface area contributed by atoms with Gasteiger partial charge in [0.1, 0.15) is 18.1 Å². The van der Waals surface area contributed by atoms with Crippen LogP contribution < -0.4 is 9.47 Å². The number of likely N-dealkylation sites (tertiary alicyclic amines) is 1. The fourth-order valence-electron chi connectivity index (χ4n) is 3.57. The van der Waals surface area contributed by atoms with Gasteiger partial charge in [0, 0.05) is 29.2 Å². The van der Waals surface area contributed by atoms with E-state index < -0.39 is 0 Å². The minimum absolute atomic E-state index is 0.0573. The summed E-state index contributed by atoms with van der Waals surface area (Å²) in [5.41, 5.74) is 1.37. The average molecular weight is 446 g/mol. The molecule has 1 heterocycles. The number of benzene rings is 2. The number of carbonyl (C=O) groups is 2. The predicted molar refractivity (Wildman–Crippen MR) is 119 cm³/mol. The van der Waals surface area contributed by atoms with Gasteiger partial charge in [-0.2, -0.15) is 0 Å². The van der Waals surface area contributed by atoms with E-state index in [0.29, 0.717) is 61.2 Å². The smallest absolute Gasteiger partial charge is 0.309 e. The number of ether oxygens (including phenoxy) is 3. The van der Waals surface area contributed by atoms with Crippen molar-refractivity contribution in [2.45, 2.75) is 33.3 Å². The fraction of sp³-hybridized carbons (Fsp3) is 0.417. The molecule has 0 radical (unpaired) electrons. The van der Waals surface area contributed by atoms with Crippen LogP contribution in [0.25, 0.3) is 0 Å². The fourth-order valence-corrected chi connectivity index (χ4v) is 3.70. The Morgan fingerprint density at radius 1 is 1.00 bits per heavy atom. The zero-order valence-electron chi connectivity index (χ0n) is 17.9. The Balaban J connectivity index is 1.68. The number of halogens is 1. The SMILES string of the molecule is CCOC(=O)C1CCN(C(=O)c2ccc(OCC)c(COc3ccc(Cl)cc3)c2)CC1. The summed E-state index contributed by atoms with van der Waals surface area (Å²) < 4.78 is 16.7. The first-order chi connectivity index (χ1) is 15.0. The number of rotatable bonds is 8. The second kappa shape index (κ2) is 11.0. The van der Waals surface area contributed by atoms with Gasteiger partial charge < -0.3 is 19.1 Å². The Morgan fingerprint density at radius 3 is 2.35 bits per heavy atom. The molecule has 6 nitrogen and oxygen atoms in total. The van der Waals surface area contributed by atoms with Crippen LogP contribution in [-0.2, 0) is 16.1 Å². The van der Waals surface area contributed by atoms with Crippen molar-refractivity contribution in [3.05, 3.63) is 58.6 Å². The molecule has 1 saturated heterocycles. The molecule has 0 atom stereocenters. The van der Waals surface area contributed by atoms with E-state index >= 15 is 0 Å². The third kappa shape index (κ3) is 6.14. The van der Waals surface area contributed by atoms with Crippen molar-refractivity contribution in [2.24, 2.45) is 5.92 Å². The zero-order valence-corrected chi connectivity index (χ0v) is 18.7. The lowest BCUT2D eigenvalue weighted by Gasteiger charge is -2.31. The van der Waals surface area contributed by atoms with Gasteiger partial charge in [-0.1, -0.05) is 11.6 Å². The highest BCUT2D eigenvalue weighted by molar-refractivity contribution is 6.30. The van der Waals surface area contributed by atoms with Crippen LogP contribution in [0.3, 0.4) is 0 Å². The number of hydrogen-bond acceptors (Lipinski definition) is 5. The lowest BCUT2D eigenvalue weighted by Crippen LogP contribution is -2.40. The largest absolute Gasteiger partial charge is 0.493 e. The number of piperidine rings is 1. The van der Waals surface area contributed by atoms with Crippen molar-refractivity contribution in [1.29, 1.82) is 0 Å². The summed E-state index contributed by atoms with van der Waals surface area (Å²) in [5.74, 6) is 1.02. The van der Waals surface area contributed by atoms with Crippen LogP contribution in [0, 0.1) is 5.92 Å². The first-order valence-electron chi connectivity index (χ1n) is 10.6. The van der Waals surface area contributed by atoms with Gasteiger partial charge in [-0.25, -0.2) is 0 Å². The van der Waals surface area contributed by atoms with Crippen LogP contribution in [0.2, 0.25) is 5.02 Å². The molecule has 1 aliphatic heterocycles. The minimum atomic E-state index is -0.169. The van der Waals surface area contributed by atoms with Gasteiger partial charge in [-0.15, -0.1) is 0 Å². The molecule has 1 amide bonds. The molecule has 0 N–H and O–H groups in total. The lowest BCUT2D eigenvalue weighted by molar-refractivity contribution is -0.149. The third-order valence-corrected chi connectivity index (χ3v) is 5.47. The van der Waals surface area contributed by atoms with Crippen molar-refractivity contribution in [1.82, 2.24) is 4.90 Å². The Kier molecular flexibility index (Phi) is 8.18. The molecule has 7 heteroatoms. The van der Waals surface area contributed by atoms with Crippen molar-refractivity contribution in [2.75, 3.05) is 26.3 Å². The second-order valence-electron chi connectivity index (χ2n) is 7.32. The molecule has 2 aromatic carbocycles. The van der Waals surface area contributed by atoms with E-state index in [0.717, 1.165) is 5.56 Å². The number of nitrogens with zero attached hydrogens (tertiary/aromatic N) is 1. The Bertz CT molecular complexity index is 891. The maximum atomic E-state index is 13.0. The van der Waals surface area contributed by atoms with Crippen LogP contribution in [0.5, 0.6) is 11.5 Å². The predicted octanol–water partition coefficient (Wildman–Crippen LogP) is 4.73. The first kappa shape index (κ1) is 22.9. The van der Waals surface area contributed by atoms with Crippen LogP contribution in [-0.4, -0.2) is 43.1 Å². The molecule has 1 aliphatic rings. The molecule has 0 bridgehead atoms. The van der Waals surface area contributed by atoms with Crippen LogP contribution in [0.15, 0.2) is 42.5 Å². The zero-order chi connectivity index (χ0) is 22.2. The lowest BCUT2D eigenvalue weighted by atomic mass is 9.96. The molecule has 166 valence electrons. The van der Waals surface area contributed by atoms with Crippen molar-refractivity contribution >= 4 is 23.5 Å². The molecule has 31 heavy (non-hydrogen) atoms. The van der Waals surface area contributed by atoms with Gasteiger partial charge >= 0.3 is 5.97 Å². The van der Waals surface area contributed by atoms with Gasteiger partial charge in [-0.05, 0) is 69.2 Å². The minimum Gasteiger partial charge on any atom is -0.493 e. The van der Waals surface area contributed by atoms with Gasteiger partial charge in [-0.3, -0.25) is 9.59 Å². The maximum absolute atomic E-state index is 13.0. The van der Waals surface area contributed by atoms with Gasteiger partial charge in [0.25, 0.3) is 5.91 Å². The normalized spacial score (nSPS) is 14.2. The Labute approximate surface area is 188 Å². The van der Waals surface area contributed by atoms with Crippen LogP contribution in [0.4, 0.5) is 0 Å². The summed E-state index contributed by atoms with van der Waals surface area (Å²) >= 11 is 5.92. The first-order valence-corrected chi connectivity index (χ1v) is 11.0. The molecule has 0 aromatic heterocycles. The van der Waals surface area contributed by atoms with Crippen molar-refractivity contribution in [3.8, 4) is 11.5 Å². The van der Waals surface area contributed by atoms with E-state index in [-0.39, 0.29) is 24.4 Å². The molecule has 1 fully saturated rings. The number of hydrogen-bond donors (Lipinski definition) is 0. The van der Waals surface area contributed by atoms with E-state index in [4.69, 9.17) is 25.8 Å². The average Bonchev–Trinajstić information content (AvgIpc) is 2.79. The quantitative estimate of drug-likeness (QED) is 0.549. The van der Waals surface area contributed by atoms with E-state index in [1.807, 2.05) is 19.1 Å². The van der Waals surface area contributed by atoms with Crippen LogP contribution in [0.1, 0.15) is 42.6 Å². The standard InChI is InChI=1S/C24H28ClNO5/c1-3-29-22-10-5-18(15-19(22)16-31-21-8-6-20(25)7-9-21)23(27)26-13-11-17(12-14-26)24(28)30-4-2/h5-10,15,17H,3-4,11-14,16H2,1-2H3. The van der Waals surface area contributed by atoms with Gasteiger partial charge in [0.15, 0.2) is 0 Å². The topological polar surface area (TPSA) is 65.1 Å². The third-order valence-electron chi connectivity index (χ3n) is 5.22. The molecular weight excluding hydrogens is 418 g/mol. The Hall–Kier alpha value is -2.73. The molecule has 0 saturated carbocycles. The van der Waals surface area contributed by atoms with E-state index in [2.05, 4.69) is 0 Å². The summed E-state index contributed by atoms with van der Waals surface area (Å²) in [6.07, 6.45) is 1.24. The number of amides is 1. The summed E-state index contributed by atoms with van der Waals surface area (Å²) in [4.78, 5) is 26.8. The molecule has 0 spiro atoms. The monoisotopic (exact) mass is 445 g/mol. The summed E-state index contributed by atoms with van der Waals surface area (Å²) in [6, 6.07) is 12.5.